The molecule has 0 radical (unpaired) electrons. The van der Waals surface area contributed by atoms with Crippen molar-refractivity contribution in [3.05, 3.63) is 64.6 Å². The normalized spacial score (nSPS) is 10.0. The molecule has 6 nitrogen and oxygen atoms in total. The summed E-state index contributed by atoms with van der Waals surface area (Å²) >= 11 is 7.09. The number of hydrogen-bond acceptors (Lipinski definition) is 4. The van der Waals surface area contributed by atoms with Crippen LogP contribution in [-0.2, 0) is 4.79 Å². The van der Waals surface area contributed by atoms with Gasteiger partial charge in [-0.05, 0) is 24.3 Å². The molecule has 0 spiro atoms. The molecule has 0 aliphatic carbocycles. The van der Waals surface area contributed by atoms with E-state index in [2.05, 4.69) is 10.9 Å². The van der Waals surface area contributed by atoms with E-state index in [9.17, 15) is 14.8 Å². The monoisotopic (exact) mass is 337 g/mol. The SMILES string of the molecule is O=C(CSc1ccc(Cl)cc1)NNC(=O)c1cc[n+]([O-])cc1. The van der Waals surface area contributed by atoms with Gasteiger partial charge in [-0.15, -0.1) is 11.8 Å². The Bertz CT molecular complexity index is 662. The topological polar surface area (TPSA) is 85.1 Å². The number of carbonyl (C=O) groups excluding carboxylic acids is 2. The number of nitrogens with one attached hydrogen (secondary N) is 2. The highest BCUT2D eigenvalue weighted by Gasteiger charge is 2.08. The molecule has 2 aromatic rings. The highest BCUT2D eigenvalue weighted by Crippen LogP contribution is 2.19. The zero-order chi connectivity index (χ0) is 15.9. The van der Waals surface area contributed by atoms with E-state index in [-0.39, 0.29) is 17.2 Å². The van der Waals surface area contributed by atoms with E-state index in [0.29, 0.717) is 9.75 Å². The van der Waals surface area contributed by atoms with Crippen LogP contribution >= 0.6 is 23.4 Å². The number of amides is 2. The van der Waals surface area contributed by atoms with Crippen molar-refractivity contribution in [2.24, 2.45) is 0 Å². The first kappa shape index (κ1) is 16.1. The molecule has 8 heteroatoms. The van der Waals surface area contributed by atoms with Gasteiger partial charge in [-0.3, -0.25) is 20.4 Å². The number of aromatic nitrogens is 1. The Morgan fingerprint density at radius 1 is 1.09 bits per heavy atom. The lowest BCUT2D eigenvalue weighted by molar-refractivity contribution is -0.605. The third-order valence-electron chi connectivity index (χ3n) is 2.56. The van der Waals surface area contributed by atoms with Crippen LogP contribution in [0.3, 0.4) is 0 Å². The molecule has 2 amide bonds. The fraction of sp³-hybridized carbons (Fsp3) is 0.0714. The number of benzene rings is 1. The van der Waals surface area contributed by atoms with Crippen LogP contribution in [-0.4, -0.2) is 17.6 Å². The van der Waals surface area contributed by atoms with Crippen LogP contribution in [0.25, 0.3) is 0 Å². The number of hydrazine groups is 1. The lowest BCUT2D eigenvalue weighted by Gasteiger charge is -2.07. The van der Waals surface area contributed by atoms with E-state index in [0.717, 1.165) is 4.90 Å². The summed E-state index contributed by atoms with van der Waals surface area (Å²) in [6.45, 7) is 0. The molecular formula is C14H12ClN3O3S. The molecule has 2 N–H and O–H groups in total. The summed E-state index contributed by atoms with van der Waals surface area (Å²) in [4.78, 5) is 24.3. The predicted molar refractivity (Wildman–Crippen MR) is 83.2 cm³/mol. The van der Waals surface area contributed by atoms with Gasteiger partial charge >= 0.3 is 0 Å². The summed E-state index contributed by atoms with van der Waals surface area (Å²) in [6.07, 6.45) is 2.40. The van der Waals surface area contributed by atoms with Gasteiger partial charge in [0.2, 0.25) is 5.91 Å². The Hall–Kier alpha value is -2.25. The average Bonchev–Trinajstić information content (AvgIpc) is 2.52. The first-order valence-corrected chi connectivity index (χ1v) is 7.57. The molecule has 2 rings (SSSR count). The fourth-order valence-corrected chi connectivity index (χ4v) is 2.30. The molecule has 0 fully saturated rings. The van der Waals surface area contributed by atoms with Crippen LogP contribution in [0, 0.1) is 5.21 Å². The molecule has 0 bridgehead atoms. The van der Waals surface area contributed by atoms with E-state index in [1.165, 1.54) is 36.3 Å². The minimum atomic E-state index is -0.495. The highest BCUT2D eigenvalue weighted by atomic mass is 35.5. The van der Waals surface area contributed by atoms with Crippen LogP contribution in [0.2, 0.25) is 5.02 Å². The summed E-state index contributed by atoms with van der Waals surface area (Å²) in [5, 5.41) is 11.5. The zero-order valence-corrected chi connectivity index (χ0v) is 12.9. The summed E-state index contributed by atoms with van der Waals surface area (Å²) in [5.74, 6) is -0.689. The maximum absolute atomic E-state index is 11.7. The second-order valence-corrected chi connectivity index (χ2v) is 5.68. The van der Waals surface area contributed by atoms with Gasteiger partial charge in [0.1, 0.15) is 0 Å². The number of nitrogens with zero attached hydrogens (tertiary/aromatic N) is 1. The standard InChI is InChI=1S/C14H12ClN3O3S/c15-11-1-3-12(4-2-11)22-9-13(19)16-17-14(20)10-5-7-18(21)8-6-10/h1-8H,9H2,(H,16,19)(H,17,20). The molecule has 22 heavy (non-hydrogen) atoms. The van der Waals surface area contributed by atoms with Crippen molar-refractivity contribution in [1.82, 2.24) is 10.9 Å². The van der Waals surface area contributed by atoms with E-state index < -0.39 is 5.91 Å². The van der Waals surface area contributed by atoms with Gasteiger partial charge in [0.05, 0.1) is 11.3 Å². The number of hydrogen-bond donors (Lipinski definition) is 2. The molecule has 114 valence electrons. The molecular weight excluding hydrogens is 326 g/mol. The minimum absolute atomic E-state index is 0.150. The van der Waals surface area contributed by atoms with Crippen molar-refractivity contribution < 1.29 is 14.3 Å². The largest absolute Gasteiger partial charge is 0.619 e. The van der Waals surface area contributed by atoms with Gasteiger partial charge in [0, 0.05) is 22.1 Å². The molecule has 0 saturated heterocycles. The molecule has 0 aliphatic heterocycles. The smallest absolute Gasteiger partial charge is 0.270 e. The molecule has 0 aliphatic rings. The number of pyridine rings is 1. The van der Waals surface area contributed by atoms with E-state index in [4.69, 9.17) is 11.6 Å². The molecule has 0 unspecified atom stereocenters. The Kier molecular flexibility index (Phi) is 5.62. The molecule has 0 atom stereocenters. The molecule has 0 saturated carbocycles. The van der Waals surface area contributed by atoms with Gasteiger partial charge in [-0.2, -0.15) is 4.73 Å². The maximum Gasteiger partial charge on any atom is 0.270 e. The predicted octanol–water partition coefficient (Wildman–Crippen LogP) is 1.53. The lowest BCUT2D eigenvalue weighted by Crippen LogP contribution is -2.42. The van der Waals surface area contributed by atoms with Crippen LogP contribution in [0.4, 0.5) is 0 Å². The Morgan fingerprint density at radius 3 is 2.36 bits per heavy atom. The van der Waals surface area contributed by atoms with Gasteiger partial charge in [0.25, 0.3) is 5.91 Å². The van der Waals surface area contributed by atoms with Crippen molar-refractivity contribution in [2.45, 2.75) is 4.90 Å². The number of halogens is 1. The molecule has 1 aromatic carbocycles. The third-order valence-corrected chi connectivity index (χ3v) is 3.83. The van der Waals surface area contributed by atoms with Crippen LogP contribution in [0.1, 0.15) is 10.4 Å². The van der Waals surface area contributed by atoms with Crippen molar-refractivity contribution >= 4 is 35.2 Å². The highest BCUT2D eigenvalue weighted by molar-refractivity contribution is 8.00. The van der Waals surface area contributed by atoms with Crippen LogP contribution in [0.5, 0.6) is 0 Å². The van der Waals surface area contributed by atoms with Crippen molar-refractivity contribution in [3.8, 4) is 0 Å². The van der Waals surface area contributed by atoms with E-state index in [1.54, 1.807) is 24.3 Å². The van der Waals surface area contributed by atoms with Crippen LogP contribution in [0.15, 0.2) is 53.7 Å². The zero-order valence-electron chi connectivity index (χ0n) is 11.3. The number of thioether (sulfide) groups is 1. The average molecular weight is 338 g/mol. The Balaban J connectivity index is 1.76. The van der Waals surface area contributed by atoms with Crippen molar-refractivity contribution in [2.75, 3.05) is 5.75 Å². The van der Waals surface area contributed by atoms with Gasteiger partial charge < -0.3 is 5.21 Å². The summed E-state index contributed by atoms with van der Waals surface area (Å²) in [7, 11) is 0. The van der Waals surface area contributed by atoms with Gasteiger partial charge in [-0.1, -0.05) is 11.6 Å². The Labute approximate surface area is 136 Å². The minimum Gasteiger partial charge on any atom is -0.619 e. The Morgan fingerprint density at radius 2 is 1.73 bits per heavy atom. The number of carbonyl (C=O) groups is 2. The van der Waals surface area contributed by atoms with Gasteiger partial charge in [-0.25, -0.2) is 0 Å². The summed E-state index contributed by atoms with van der Waals surface area (Å²) < 4.78 is 0.568. The first-order valence-electron chi connectivity index (χ1n) is 6.21. The maximum atomic E-state index is 11.7. The third kappa shape index (κ3) is 4.94. The van der Waals surface area contributed by atoms with Crippen molar-refractivity contribution in [1.29, 1.82) is 0 Å². The van der Waals surface area contributed by atoms with Gasteiger partial charge in [0.15, 0.2) is 12.4 Å². The first-order chi connectivity index (χ1) is 10.5. The van der Waals surface area contributed by atoms with Crippen LogP contribution < -0.4 is 15.6 Å². The molecule has 1 aromatic heterocycles. The molecule has 1 heterocycles. The van der Waals surface area contributed by atoms with E-state index in [1.807, 2.05) is 0 Å². The quantitative estimate of drug-likeness (QED) is 0.383. The fourth-order valence-electron chi connectivity index (χ4n) is 1.48. The number of rotatable bonds is 4. The lowest BCUT2D eigenvalue weighted by atomic mass is 10.2. The summed E-state index contributed by atoms with van der Waals surface area (Å²) in [6, 6.07) is 9.80. The summed E-state index contributed by atoms with van der Waals surface area (Å²) in [5.41, 5.74) is 4.86. The van der Waals surface area contributed by atoms with E-state index >= 15 is 0 Å². The second kappa shape index (κ2) is 7.67. The van der Waals surface area contributed by atoms with Crippen molar-refractivity contribution in [3.63, 3.8) is 0 Å². The second-order valence-electron chi connectivity index (χ2n) is 4.19.